The van der Waals surface area contributed by atoms with Crippen LogP contribution in [0.5, 0.6) is 0 Å². The van der Waals surface area contributed by atoms with E-state index in [4.69, 9.17) is 4.74 Å². The van der Waals surface area contributed by atoms with Gasteiger partial charge in [0.25, 0.3) is 0 Å². The summed E-state index contributed by atoms with van der Waals surface area (Å²) in [7, 11) is 0. The van der Waals surface area contributed by atoms with Gasteiger partial charge in [0.1, 0.15) is 0 Å². The zero-order chi connectivity index (χ0) is 11.5. The van der Waals surface area contributed by atoms with Crippen LogP contribution in [0.25, 0.3) is 0 Å². The van der Waals surface area contributed by atoms with Crippen LogP contribution >= 0.6 is 0 Å². The number of hydrogen-bond acceptors (Lipinski definition) is 4. The number of unbranched alkanes of at least 4 members (excludes halogenated alkanes) is 5. The number of aliphatic carboxylic acids is 1. The van der Waals surface area contributed by atoms with Gasteiger partial charge >= 0.3 is 57.4 Å². The molecular weight excluding hydrogens is 235 g/mol. The average molecular weight is 254 g/mol. The minimum absolute atomic E-state index is 0. The molecule has 0 saturated heterocycles. The van der Waals surface area contributed by atoms with Gasteiger partial charge in [-0.3, -0.25) is 4.79 Å². The van der Waals surface area contributed by atoms with Crippen LogP contribution in [-0.4, -0.2) is 18.5 Å². The fourth-order valence-electron chi connectivity index (χ4n) is 1.24. The zero-order valence-corrected chi connectivity index (χ0v) is 13.4. The zero-order valence-electron chi connectivity index (χ0n) is 10.3. The minimum atomic E-state index is -1.39. The summed E-state index contributed by atoms with van der Waals surface area (Å²) in [6.45, 7) is 2.47. The number of rotatable bonds is 9. The molecule has 88 valence electrons. The predicted molar refractivity (Wildman–Crippen MR) is 54.0 cm³/mol. The monoisotopic (exact) mass is 254 g/mol. The van der Waals surface area contributed by atoms with E-state index in [1.807, 2.05) is 0 Å². The SMILES string of the molecule is CCCCCCCCOC(=O)CC(=O)[O-].[K+]. The van der Waals surface area contributed by atoms with E-state index in [2.05, 4.69) is 6.92 Å². The van der Waals surface area contributed by atoms with E-state index in [1.54, 1.807) is 0 Å². The van der Waals surface area contributed by atoms with E-state index in [0.717, 1.165) is 19.3 Å². The van der Waals surface area contributed by atoms with Crippen molar-refractivity contribution in [3.05, 3.63) is 0 Å². The second-order valence-electron chi connectivity index (χ2n) is 3.54. The van der Waals surface area contributed by atoms with Crippen LogP contribution in [0, 0.1) is 0 Å². The molecule has 0 radical (unpaired) electrons. The Kier molecular flexibility index (Phi) is 16.1. The predicted octanol–water partition coefficient (Wildman–Crippen LogP) is -1.97. The minimum Gasteiger partial charge on any atom is -0.550 e. The standard InChI is InChI=1S/C11H20O4.K/c1-2-3-4-5-6-7-8-15-11(14)9-10(12)13;/h2-9H2,1H3,(H,12,13);/q;+1/p-1. The molecule has 0 aliphatic heterocycles. The summed E-state index contributed by atoms with van der Waals surface area (Å²) in [6, 6.07) is 0. The summed E-state index contributed by atoms with van der Waals surface area (Å²) in [5.41, 5.74) is 0. The fraction of sp³-hybridized carbons (Fsp3) is 0.818. The molecule has 0 aliphatic rings. The summed E-state index contributed by atoms with van der Waals surface area (Å²) in [6.07, 6.45) is 6.00. The van der Waals surface area contributed by atoms with Gasteiger partial charge in [0.2, 0.25) is 0 Å². The molecule has 5 heteroatoms. The molecule has 0 aliphatic carbocycles. The average Bonchev–Trinajstić information content (AvgIpc) is 2.15. The van der Waals surface area contributed by atoms with Crippen molar-refractivity contribution in [1.29, 1.82) is 0 Å². The first kappa shape index (κ1) is 18.9. The number of esters is 1. The molecule has 0 heterocycles. The number of hydrogen-bond donors (Lipinski definition) is 0. The maximum absolute atomic E-state index is 10.7. The van der Waals surface area contributed by atoms with Gasteiger partial charge in [-0.25, -0.2) is 0 Å². The molecule has 0 fully saturated rings. The van der Waals surface area contributed by atoms with Crippen LogP contribution in [0.15, 0.2) is 0 Å². The fourth-order valence-corrected chi connectivity index (χ4v) is 1.24. The molecule has 16 heavy (non-hydrogen) atoms. The van der Waals surface area contributed by atoms with Crippen LogP contribution in [0.4, 0.5) is 0 Å². The van der Waals surface area contributed by atoms with Crippen molar-refractivity contribution < 1.29 is 70.8 Å². The number of ether oxygens (including phenoxy) is 1. The van der Waals surface area contributed by atoms with E-state index in [-0.39, 0.29) is 51.4 Å². The number of carbonyl (C=O) groups excluding carboxylic acids is 2. The van der Waals surface area contributed by atoms with Crippen LogP contribution in [-0.2, 0) is 14.3 Å². The van der Waals surface area contributed by atoms with Gasteiger partial charge in [0.15, 0.2) is 0 Å². The Morgan fingerprint density at radius 2 is 1.62 bits per heavy atom. The summed E-state index contributed by atoms with van der Waals surface area (Å²) in [5, 5.41) is 10.0. The first-order chi connectivity index (χ1) is 7.16. The van der Waals surface area contributed by atoms with Crippen molar-refractivity contribution >= 4 is 11.9 Å². The Bertz CT molecular complexity index is 194. The van der Waals surface area contributed by atoms with Gasteiger partial charge < -0.3 is 14.6 Å². The van der Waals surface area contributed by atoms with Crippen molar-refractivity contribution in [2.24, 2.45) is 0 Å². The third-order valence-electron chi connectivity index (χ3n) is 2.05. The molecule has 0 spiro atoms. The maximum atomic E-state index is 10.7. The molecule has 0 amide bonds. The Morgan fingerprint density at radius 1 is 1.06 bits per heavy atom. The van der Waals surface area contributed by atoms with Crippen molar-refractivity contribution in [2.45, 2.75) is 51.9 Å². The van der Waals surface area contributed by atoms with Gasteiger partial charge in [-0.05, 0) is 6.42 Å². The Morgan fingerprint density at radius 3 is 2.19 bits per heavy atom. The molecule has 0 rings (SSSR count). The summed E-state index contributed by atoms with van der Waals surface area (Å²) in [4.78, 5) is 20.8. The quantitative estimate of drug-likeness (QED) is 0.207. The molecular formula is C11H19KO4. The van der Waals surface area contributed by atoms with Gasteiger partial charge in [-0.15, -0.1) is 0 Å². The van der Waals surface area contributed by atoms with Crippen molar-refractivity contribution in [2.75, 3.05) is 6.61 Å². The van der Waals surface area contributed by atoms with Crippen LogP contribution in [0.1, 0.15) is 51.9 Å². The third-order valence-corrected chi connectivity index (χ3v) is 2.05. The van der Waals surface area contributed by atoms with Gasteiger partial charge in [-0.1, -0.05) is 39.0 Å². The van der Waals surface area contributed by atoms with Crippen LogP contribution in [0.3, 0.4) is 0 Å². The second kappa shape index (κ2) is 13.6. The van der Waals surface area contributed by atoms with E-state index in [9.17, 15) is 14.7 Å². The van der Waals surface area contributed by atoms with E-state index in [0.29, 0.717) is 6.61 Å². The largest absolute Gasteiger partial charge is 1.00 e. The number of carbonyl (C=O) groups is 2. The summed E-state index contributed by atoms with van der Waals surface area (Å²) in [5.74, 6) is -2.09. The number of carboxylic acid groups (broad SMARTS) is 1. The smallest absolute Gasteiger partial charge is 0.550 e. The van der Waals surface area contributed by atoms with Crippen molar-refractivity contribution in [3.63, 3.8) is 0 Å². The van der Waals surface area contributed by atoms with Gasteiger partial charge in [0.05, 0.1) is 19.0 Å². The summed E-state index contributed by atoms with van der Waals surface area (Å²) >= 11 is 0. The molecule has 0 aromatic carbocycles. The Balaban J connectivity index is 0. The first-order valence-corrected chi connectivity index (χ1v) is 5.52. The van der Waals surface area contributed by atoms with Crippen LogP contribution in [0.2, 0.25) is 0 Å². The van der Waals surface area contributed by atoms with Crippen molar-refractivity contribution in [3.8, 4) is 0 Å². The van der Waals surface area contributed by atoms with E-state index in [1.165, 1.54) is 19.3 Å². The molecule has 0 N–H and O–H groups in total. The molecule has 0 saturated carbocycles. The first-order valence-electron chi connectivity index (χ1n) is 5.52. The number of carboxylic acids is 1. The van der Waals surface area contributed by atoms with E-state index < -0.39 is 18.4 Å². The summed E-state index contributed by atoms with van der Waals surface area (Å²) < 4.78 is 4.70. The molecule has 0 aromatic rings. The second-order valence-corrected chi connectivity index (χ2v) is 3.54. The van der Waals surface area contributed by atoms with Gasteiger partial charge in [0, 0.05) is 0 Å². The Labute approximate surface area is 140 Å². The normalized spacial score (nSPS) is 9.31. The molecule has 0 bridgehead atoms. The van der Waals surface area contributed by atoms with E-state index >= 15 is 0 Å². The molecule has 4 nitrogen and oxygen atoms in total. The molecule has 0 aromatic heterocycles. The molecule has 0 unspecified atom stereocenters. The van der Waals surface area contributed by atoms with Crippen LogP contribution < -0.4 is 56.5 Å². The topological polar surface area (TPSA) is 66.4 Å². The maximum Gasteiger partial charge on any atom is 1.00 e. The Hall–Kier alpha value is 0.576. The molecule has 0 atom stereocenters. The van der Waals surface area contributed by atoms with Crippen molar-refractivity contribution in [1.82, 2.24) is 0 Å². The third kappa shape index (κ3) is 14.6. The van der Waals surface area contributed by atoms with Gasteiger partial charge in [-0.2, -0.15) is 0 Å².